The number of likely N-dealkylation sites (tertiary alicyclic amines) is 1. The topological polar surface area (TPSA) is 27.6 Å². The van der Waals surface area contributed by atoms with Gasteiger partial charge in [0.05, 0.1) is 6.54 Å². The van der Waals surface area contributed by atoms with Crippen LogP contribution in [0.2, 0.25) is 0 Å². The number of thiophene rings is 1. The quantitative estimate of drug-likeness (QED) is 0.679. The minimum Gasteiger partial charge on any atom is -0.357 e. The van der Waals surface area contributed by atoms with Gasteiger partial charge in [-0.2, -0.15) is 0 Å². The van der Waals surface area contributed by atoms with Crippen molar-refractivity contribution < 1.29 is 0 Å². The van der Waals surface area contributed by atoms with E-state index in [4.69, 9.17) is 4.99 Å². The summed E-state index contributed by atoms with van der Waals surface area (Å²) in [5, 5.41) is 5.60. The van der Waals surface area contributed by atoms with Gasteiger partial charge in [-0.05, 0) is 37.1 Å². The molecular formula is C16H27N3S. The molecule has 0 aromatic carbocycles. The molecule has 0 amide bonds. The molecule has 0 bridgehead atoms. The number of rotatable bonds is 4. The normalized spacial score (nSPS) is 21.9. The predicted molar refractivity (Wildman–Crippen MR) is 88.7 cm³/mol. The van der Waals surface area contributed by atoms with Gasteiger partial charge in [-0.3, -0.25) is 4.99 Å². The van der Waals surface area contributed by atoms with Gasteiger partial charge in [-0.1, -0.05) is 19.9 Å². The number of nitrogens with one attached hydrogen (secondary N) is 1. The predicted octanol–water partition coefficient (Wildman–Crippen LogP) is 3.55. The maximum Gasteiger partial charge on any atom is 0.193 e. The first kappa shape index (κ1) is 15.4. The average Bonchev–Trinajstić information content (AvgIpc) is 2.97. The summed E-state index contributed by atoms with van der Waals surface area (Å²) in [6.07, 6.45) is 2.63. The summed E-state index contributed by atoms with van der Waals surface area (Å²) in [5.74, 6) is 2.38. The maximum atomic E-state index is 4.87. The van der Waals surface area contributed by atoms with Crippen LogP contribution in [0.3, 0.4) is 0 Å². The molecule has 0 radical (unpaired) electrons. The molecule has 20 heavy (non-hydrogen) atoms. The highest BCUT2D eigenvalue weighted by Gasteiger charge is 2.19. The van der Waals surface area contributed by atoms with E-state index in [0.29, 0.717) is 5.92 Å². The molecule has 1 aromatic rings. The maximum absolute atomic E-state index is 4.87. The number of hydrogen-bond acceptors (Lipinski definition) is 2. The van der Waals surface area contributed by atoms with Crippen molar-refractivity contribution in [3.05, 3.63) is 22.4 Å². The number of guanidine groups is 1. The van der Waals surface area contributed by atoms with E-state index in [0.717, 1.165) is 38.1 Å². The number of nitrogens with zero attached hydrogens (tertiary/aromatic N) is 2. The highest BCUT2D eigenvalue weighted by molar-refractivity contribution is 7.10. The molecule has 1 N–H and O–H groups in total. The molecule has 112 valence electrons. The molecule has 3 nitrogen and oxygen atoms in total. The first-order valence-electron chi connectivity index (χ1n) is 7.77. The van der Waals surface area contributed by atoms with Crippen molar-refractivity contribution in [2.24, 2.45) is 10.9 Å². The Hall–Kier alpha value is -1.03. The molecular weight excluding hydrogens is 266 g/mol. The van der Waals surface area contributed by atoms with Crippen molar-refractivity contribution in [1.82, 2.24) is 10.2 Å². The molecule has 2 unspecified atom stereocenters. The third-order valence-corrected chi connectivity index (χ3v) is 4.94. The lowest BCUT2D eigenvalue weighted by Crippen LogP contribution is -2.46. The van der Waals surface area contributed by atoms with Crippen molar-refractivity contribution in [3.63, 3.8) is 0 Å². The minimum absolute atomic E-state index is 0.505. The van der Waals surface area contributed by atoms with E-state index < -0.39 is 0 Å². The van der Waals surface area contributed by atoms with Crippen LogP contribution in [0, 0.1) is 5.92 Å². The van der Waals surface area contributed by atoms with Crippen LogP contribution in [0.25, 0.3) is 0 Å². The molecule has 1 aromatic heterocycles. The van der Waals surface area contributed by atoms with E-state index in [-0.39, 0.29) is 0 Å². The zero-order chi connectivity index (χ0) is 14.4. The van der Waals surface area contributed by atoms with Crippen molar-refractivity contribution in [1.29, 1.82) is 0 Å². The zero-order valence-corrected chi connectivity index (χ0v) is 13.7. The van der Waals surface area contributed by atoms with Crippen LogP contribution in [-0.2, 0) is 0 Å². The molecule has 2 atom stereocenters. The van der Waals surface area contributed by atoms with Gasteiger partial charge in [0.1, 0.15) is 0 Å². The molecule has 2 rings (SSSR count). The fourth-order valence-electron chi connectivity index (χ4n) is 2.69. The van der Waals surface area contributed by atoms with Crippen LogP contribution in [0.4, 0.5) is 0 Å². The van der Waals surface area contributed by atoms with E-state index in [1.807, 2.05) is 11.3 Å². The van der Waals surface area contributed by atoms with Crippen molar-refractivity contribution in [3.8, 4) is 0 Å². The summed E-state index contributed by atoms with van der Waals surface area (Å²) in [7, 11) is 0. The van der Waals surface area contributed by atoms with Crippen LogP contribution in [0.15, 0.2) is 22.5 Å². The summed E-state index contributed by atoms with van der Waals surface area (Å²) in [6.45, 7) is 10.8. The molecule has 0 saturated carbocycles. The van der Waals surface area contributed by atoms with Crippen LogP contribution in [0.5, 0.6) is 0 Å². The summed E-state index contributed by atoms with van der Waals surface area (Å²) >= 11 is 1.83. The third kappa shape index (κ3) is 4.23. The average molecular weight is 293 g/mol. The van der Waals surface area contributed by atoms with Gasteiger partial charge < -0.3 is 10.2 Å². The standard InChI is InChI=1S/C16H27N3S/c1-4-17-16(19-9-5-7-13(2)12-19)18-11-14(3)15-8-6-10-20-15/h6,8,10,13-14H,4-5,7,9,11-12H2,1-3H3,(H,17,18). The number of hydrogen-bond donors (Lipinski definition) is 1. The molecule has 1 fully saturated rings. The fraction of sp³-hybridized carbons (Fsp3) is 0.688. The van der Waals surface area contributed by atoms with Gasteiger partial charge in [0, 0.05) is 30.4 Å². The Balaban J connectivity index is 1.98. The largest absolute Gasteiger partial charge is 0.357 e. The third-order valence-electron chi connectivity index (χ3n) is 3.84. The van der Waals surface area contributed by atoms with Gasteiger partial charge in [-0.15, -0.1) is 11.3 Å². The Morgan fingerprint density at radius 2 is 2.45 bits per heavy atom. The lowest BCUT2D eigenvalue weighted by Gasteiger charge is -2.33. The molecule has 1 aliphatic heterocycles. The van der Waals surface area contributed by atoms with Crippen molar-refractivity contribution in [2.45, 2.75) is 39.5 Å². The fourth-order valence-corrected chi connectivity index (χ4v) is 3.47. The Bertz CT molecular complexity index is 413. The lowest BCUT2D eigenvalue weighted by atomic mass is 10.0. The second-order valence-electron chi connectivity index (χ2n) is 5.80. The van der Waals surface area contributed by atoms with Gasteiger partial charge in [0.2, 0.25) is 0 Å². The van der Waals surface area contributed by atoms with Crippen LogP contribution in [-0.4, -0.2) is 37.0 Å². The summed E-state index contributed by atoms with van der Waals surface area (Å²) in [5.41, 5.74) is 0. The molecule has 1 saturated heterocycles. The monoisotopic (exact) mass is 293 g/mol. The van der Waals surface area contributed by atoms with E-state index in [1.54, 1.807) is 0 Å². The van der Waals surface area contributed by atoms with E-state index >= 15 is 0 Å². The van der Waals surface area contributed by atoms with Gasteiger partial charge in [-0.25, -0.2) is 0 Å². The Kier molecular flexibility index (Phi) is 5.89. The van der Waals surface area contributed by atoms with Crippen LogP contribution in [0.1, 0.15) is 44.4 Å². The lowest BCUT2D eigenvalue weighted by molar-refractivity contribution is 0.266. The van der Waals surface area contributed by atoms with Gasteiger partial charge >= 0.3 is 0 Å². The van der Waals surface area contributed by atoms with Crippen molar-refractivity contribution >= 4 is 17.3 Å². The first-order chi connectivity index (χ1) is 9.70. The minimum atomic E-state index is 0.505. The Labute approximate surface area is 127 Å². The molecule has 1 aliphatic rings. The second kappa shape index (κ2) is 7.67. The van der Waals surface area contributed by atoms with E-state index in [1.165, 1.54) is 17.7 Å². The Morgan fingerprint density at radius 3 is 3.10 bits per heavy atom. The highest BCUT2D eigenvalue weighted by Crippen LogP contribution is 2.21. The zero-order valence-electron chi connectivity index (χ0n) is 12.9. The molecule has 4 heteroatoms. The summed E-state index contributed by atoms with van der Waals surface area (Å²) in [4.78, 5) is 8.72. The van der Waals surface area contributed by atoms with Gasteiger partial charge in [0.25, 0.3) is 0 Å². The van der Waals surface area contributed by atoms with Crippen LogP contribution < -0.4 is 5.32 Å². The van der Waals surface area contributed by atoms with Crippen molar-refractivity contribution in [2.75, 3.05) is 26.2 Å². The SMILES string of the molecule is CCNC(=NCC(C)c1cccs1)N1CCCC(C)C1. The van der Waals surface area contributed by atoms with E-state index in [2.05, 4.69) is 48.5 Å². The molecule has 2 heterocycles. The molecule has 0 aliphatic carbocycles. The Morgan fingerprint density at radius 1 is 1.60 bits per heavy atom. The highest BCUT2D eigenvalue weighted by atomic mass is 32.1. The number of aliphatic imine (C=N–C) groups is 1. The summed E-state index contributed by atoms with van der Waals surface area (Å²) < 4.78 is 0. The molecule has 0 spiro atoms. The number of piperidine rings is 1. The summed E-state index contributed by atoms with van der Waals surface area (Å²) in [6, 6.07) is 4.33. The van der Waals surface area contributed by atoms with Crippen LogP contribution >= 0.6 is 11.3 Å². The first-order valence-corrected chi connectivity index (χ1v) is 8.65. The van der Waals surface area contributed by atoms with E-state index in [9.17, 15) is 0 Å². The van der Waals surface area contributed by atoms with Gasteiger partial charge in [0.15, 0.2) is 5.96 Å². The smallest absolute Gasteiger partial charge is 0.193 e. The second-order valence-corrected chi connectivity index (χ2v) is 6.78.